The van der Waals surface area contributed by atoms with E-state index >= 15 is 0 Å². The van der Waals surface area contributed by atoms with E-state index in [1.54, 1.807) is 11.3 Å². The van der Waals surface area contributed by atoms with Crippen LogP contribution in [0, 0.1) is 12.8 Å². The van der Waals surface area contributed by atoms with Crippen molar-refractivity contribution in [3.63, 3.8) is 0 Å². The lowest BCUT2D eigenvalue weighted by molar-refractivity contribution is -0.141. The normalized spacial score (nSPS) is 23.1. The zero-order valence-electron chi connectivity index (χ0n) is 14.4. The number of aryl methyl sites for hydroxylation is 1. The minimum Gasteiger partial charge on any atom is -0.349 e. The minimum absolute atomic E-state index is 0.0639. The van der Waals surface area contributed by atoms with Gasteiger partial charge in [-0.2, -0.15) is 0 Å². The van der Waals surface area contributed by atoms with E-state index in [9.17, 15) is 9.59 Å². The van der Waals surface area contributed by atoms with Gasteiger partial charge in [0, 0.05) is 30.1 Å². The summed E-state index contributed by atoms with van der Waals surface area (Å²) in [6, 6.07) is 0.345. The van der Waals surface area contributed by atoms with Crippen LogP contribution in [0.15, 0.2) is 5.38 Å². The standard InChI is InChI=1S/C18H27N3O2S/c1-13-12-24-16(20-13)10-19-18(23)14-8-9-17(22)21(11-14)15-6-4-2-3-5-7-15/h12,14-15H,2-11H2,1H3,(H,19,23). The molecular formula is C18H27N3O2S. The van der Waals surface area contributed by atoms with E-state index in [0.717, 1.165) is 23.5 Å². The molecule has 0 spiro atoms. The first-order valence-corrected chi connectivity index (χ1v) is 9.99. The molecule has 2 heterocycles. The number of hydrogen-bond donors (Lipinski definition) is 1. The van der Waals surface area contributed by atoms with Gasteiger partial charge in [-0.3, -0.25) is 9.59 Å². The van der Waals surface area contributed by atoms with Gasteiger partial charge >= 0.3 is 0 Å². The molecular weight excluding hydrogens is 322 g/mol. The van der Waals surface area contributed by atoms with Gasteiger partial charge in [-0.1, -0.05) is 25.7 Å². The van der Waals surface area contributed by atoms with E-state index in [1.165, 1.54) is 25.7 Å². The van der Waals surface area contributed by atoms with Gasteiger partial charge in [0.25, 0.3) is 0 Å². The van der Waals surface area contributed by atoms with Crippen LogP contribution in [-0.2, 0) is 16.1 Å². The summed E-state index contributed by atoms with van der Waals surface area (Å²) in [5.74, 6) is 0.225. The number of thiazole rings is 1. The molecule has 1 aliphatic carbocycles. The smallest absolute Gasteiger partial charge is 0.225 e. The summed E-state index contributed by atoms with van der Waals surface area (Å²) in [6.07, 6.45) is 8.32. The molecule has 2 amide bonds. The highest BCUT2D eigenvalue weighted by Crippen LogP contribution is 2.27. The van der Waals surface area contributed by atoms with Gasteiger partial charge in [0.2, 0.25) is 11.8 Å². The molecule has 0 bridgehead atoms. The van der Waals surface area contributed by atoms with Crippen LogP contribution in [0.3, 0.4) is 0 Å². The molecule has 0 radical (unpaired) electrons. The van der Waals surface area contributed by atoms with E-state index in [4.69, 9.17) is 0 Å². The van der Waals surface area contributed by atoms with Crippen LogP contribution in [0.1, 0.15) is 62.1 Å². The molecule has 2 fully saturated rings. The SMILES string of the molecule is Cc1csc(CNC(=O)C2CCC(=O)N(C3CCCCCC3)C2)n1. The third-order valence-electron chi connectivity index (χ3n) is 5.16. The van der Waals surface area contributed by atoms with Crippen molar-refractivity contribution in [2.45, 2.75) is 70.9 Å². The van der Waals surface area contributed by atoms with Crippen molar-refractivity contribution in [1.82, 2.24) is 15.2 Å². The molecule has 1 atom stereocenters. The van der Waals surface area contributed by atoms with Crippen molar-refractivity contribution < 1.29 is 9.59 Å². The Morgan fingerprint density at radius 2 is 2.04 bits per heavy atom. The van der Waals surface area contributed by atoms with Crippen molar-refractivity contribution in [3.8, 4) is 0 Å². The molecule has 5 nitrogen and oxygen atoms in total. The zero-order chi connectivity index (χ0) is 16.9. The minimum atomic E-state index is -0.0768. The number of carbonyl (C=O) groups excluding carboxylic acids is 2. The van der Waals surface area contributed by atoms with Gasteiger partial charge < -0.3 is 10.2 Å². The number of amides is 2. The second kappa shape index (κ2) is 8.10. The van der Waals surface area contributed by atoms with Crippen molar-refractivity contribution in [2.75, 3.05) is 6.54 Å². The largest absolute Gasteiger partial charge is 0.349 e. The van der Waals surface area contributed by atoms with Crippen molar-refractivity contribution in [1.29, 1.82) is 0 Å². The van der Waals surface area contributed by atoms with E-state index in [-0.39, 0.29) is 17.7 Å². The molecule has 3 rings (SSSR count). The van der Waals surface area contributed by atoms with Crippen molar-refractivity contribution in [2.24, 2.45) is 5.92 Å². The summed E-state index contributed by atoms with van der Waals surface area (Å²) in [5.41, 5.74) is 0.993. The van der Waals surface area contributed by atoms with Gasteiger partial charge in [-0.15, -0.1) is 11.3 Å². The molecule has 1 unspecified atom stereocenters. The molecule has 6 heteroatoms. The van der Waals surface area contributed by atoms with Gasteiger partial charge in [-0.05, 0) is 26.2 Å². The lowest BCUT2D eigenvalue weighted by Crippen LogP contribution is -2.49. The molecule has 24 heavy (non-hydrogen) atoms. The molecule has 1 aromatic heterocycles. The van der Waals surface area contributed by atoms with E-state index in [0.29, 0.717) is 32.0 Å². The quantitative estimate of drug-likeness (QED) is 0.850. The van der Waals surface area contributed by atoms with Crippen molar-refractivity contribution >= 4 is 23.2 Å². The maximum absolute atomic E-state index is 12.5. The summed E-state index contributed by atoms with van der Waals surface area (Å²) < 4.78 is 0. The van der Waals surface area contributed by atoms with Crippen molar-refractivity contribution in [3.05, 3.63) is 16.1 Å². The monoisotopic (exact) mass is 349 g/mol. The molecule has 2 aliphatic rings. The Labute approximate surface area is 147 Å². The number of nitrogens with zero attached hydrogens (tertiary/aromatic N) is 2. The van der Waals surface area contributed by atoms with Gasteiger partial charge in [0.15, 0.2) is 0 Å². The van der Waals surface area contributed by atoms with Crippen LogP contribution < -0.4 is 5.32 Å². The fourth-order valence-electron chi connectivity index (χ4n) is 3.80. The molecule has 1 N–H and O–H groups in total. The van der Waals surface area contributed by atoms with Crippen LogP contribution in [0.2, 0.25) is 0 Å². The number of piperidine rings is 1. The van der Waals surface area contributed by atoms with E-state index in [1.807, 2.05) is 17.2 Å². The average molecular weight is 350 g/mol. The first kappa shape index (κ1) is 17.4. The Morgan fingerprint density at radius 1 is 1.29 bits per heavy atom. The number of hydrogen-bond acceptors (Lipinski definition) is 4. The topological polar surface area (TPSA) is 62.3 Å². The third kappa shape index (κ3) is 4.35. The Hall–Kier alpha value is -1.43. The third-order valence-corrected chi connectivity index (χ3v) is 6.13. The van der Waals surface area contributed by atoms with Gasteiger partial charge in [0.1, 0.15) is 5.01 Å². The van der Waals surface area contributed by atoms with Crippen LogP contribution in [0.25, 0.3) is 0 Å². The highest BCUT2D eigenvalue weighted by Gasteiger charge is 2.34. The van der Waals surface area contributed by atoms with Gasteiger partial charge in [0.05, 0.1) is 12.5 Å². The maximum Gasteiger partial charge on any atom is 0.225 e. The lowest BCUT2D eigenvalue weighted by atomic mass is 9.93. The first-order chi connectivity index (χ1) is 11.6. The van der Waals surface area contributed by atoms with Gasteiger partial charge in [-0.25, -0.2) is 4.98 Å². The van der Waals surface area contributed by atoms with E-state index < -0.39 is 0 Å². The Kier molecular flexibility index (Phi) is 5.87. The highest BCUT2D eigenvalue weighted by molar-refractivity contribution is 7.09. The average Bonchev–Trinajstić information content (AvgIpc) is 2.83. The Morgan fingerprint density at radius 3 is 2.71 bits per heavy atom. The second-order valence-electron chi connectivity index (χ2n) is 7.03. The summed E-state index contributed by atoms with van der Waals surface area (Å²) in [5, 5.41) is 5.94. The van der Waals surface area contributed by atoms with Crippen LogP contribution >= 0.6 is 11.3 Å². The van der Waals surface area contributed by atoms with Crippen LogP contribution in [0.5, 0.6) is 0 Å². The summed E-state index contributed by atoms with van der Waals surface area (Å²) >= 11 is 1.57. The Bertz CT molecular complexity index is 579. The van der Waals surface area contributed by atoms with Crippen LogP contribution in [0.4, 0.5) is 0 Å². The molecule has 0 aromatic carbocycles. The maximum atomic E-state index is 12.5. The summed E-state index contributed by atoms with van der Waals surface area (Å²) in [7, 11) is 0. The molecule has 132 valence electrons. The number of nitrogens with one attached hydrogen (secondary N) is 1. The zero-order valence-corrected chi connectivity index (χ0v) is 15.2. The summed E-state index contributed by atoms with van der Waals surface area (Å²) in [6.45, 7) is 3.04. The molecule has 1 aromatic rings. The lowest BCUT2D eigenvalue weighted by Gasteiger charge is -2.37. The second-order valence-corrected chi connectivity index (χ2v) is 7.97. The predicted octanol–water partition coefficient (Wildman–Crippen LogP) is 3.03. The fourth-order valence-corrected chi connectivity index (χ4v) is 4.51. The number of likely N-dealkylation sites (tertiary alicyclic amines) is 1. The molecule has 1 saturated heterocycles. The predicted molar refractivity (Wildman–Crippen MR) is 94.6 cm³/mol. The first-order valence-electron chi connectivity index (χ1n) is 9.11. The number of rotatable bonds is 4. The highest BCUT2D eigenvalue weighted by atomic mass is 32.1. The summed E-state index contributed by atoms with van der Waals surface area (Å²) in [4.78, 5) is 31.2. The number of carbonyl (C=O) groups is 2. The molecule has 1 aliphatic heterocycles. The Balaban J connectivity index is 1.55. The molecule has 1 saturated carbocycles. The number of aromatic nitrogens is 1. The fraction of sp³-hybridized carbons (Fsp3) is 0.722. The van der Waals surface area contributed by atoms with E-state index in [2.05, 4.69) is 10.3 Å². The van der Waals surface area contributed by atoms with Crippen LogP contribution in [-0.4, -0.2) is 34.3 Å².